The summed E-state index contributed by atoms with van der Waals surface area (Å²) in [7, 11) is 0. The number of hydrogen-bond donors (Lipinski definition) is 2. The molecule has 1 heterocycles. The van der Waals surface area contributed by atoms with E-state index in [0.717, 1.165) is 31.2 Å². The number of nitrogens with two attached hydrogens (primary N) is 1. The van der Waals surface area contributed by atoms with E-state index in [2.05, 4.69) is 11.2 Å². The van der Waals surface area contributed by atoms with Crippen molar-refractivity contribution in [2.24, 2.45) is 0 Å². The molecule has 0 amide bonds. The van der Waals surface area contributed by atoms with Crippen LogP contribution in [-0.2, 0) is 11.2 Å². The Kier molecular flexibility index (Phi) is 4.02. The largest absolute Gasteiger partial charge is 0.481 e. The molecule has 0 unspecified atom stereocenters. The maximum atomic E-state index is 10.7. The first-order valence-corrected chi connectivity index (χ1v) is 7.69. The van der Waals surface area contributed by atoms with Crippen molar-refractivity contribution in [1.82, 2.24) is 9.78 Å². The lowest BCUT2D eigenvalue weighted by Crippen LogP contribution is -2.10. The van der Waals surface area contributed by atoms with E-state index in [-0.39, 0.29) is 12.5 Å². The van der Waals surface area contributed by atoms with Crippen molar-refractivity contribution in [3.63, 3.8) is 0 Å². The van der Waals surface area contributed by atoms with Crippen molar-refractivity contribution in [3.8, 4) is 17.3 Å². The normalized spacial score (nSPS) is 14.7. The van der Waals surface area contributed by atoms with Crippen molar-refractivity contribution in [2.75, 3.05) is 5.73 Å². The Morgan fingerprint density at radius 2 is 2.00 bits per heavy atom. The number of aromatic nitrogens is 2. The molecule has 0 aliphatic heterocycles. The second-order valence-electron chi connectivity index (χ2n) is 5.87. The summed E-state index contributed by atoms with van der Waals surface area (Å²) in [6, 6.07) is 9.49. The number of carbonyl (C=O) groups is 1. The van der Waals surface area contributed by atoms with Crippen molar-refractivity contribution in [2.45, 2.75) is 38.1 Å². The van der Waals surface area contributed by atoms with Gasteiger partial charge in [0.1, 0.15) is 23.1 Å². The molecule has 1 fully saturated rings. The molecule has 118 valence electrons. The highest BCUT2D eigenvalue weighted by Crippen LogP contribution is 2.35. The number of benzene rings is 1. The summed E-state index contributed by atoms with van der Waals surface area (Å²) in [5.74, 6) is -0.450. The van der Waals surface area contributed by atoms with Gasteiger partial charge in [0.25, 0.3) is 0 Å². The first-order valence-electron chi connectivity index (χ1n) is 7.69. The van der Waals surface area contributed by atoms with Crippen LogP contribution in [0.3, 0.4) is 0 Å². The zero-order valence-electron chi connectivity index (χ0n) is 12.7. The Hall–Kier alpha value is -2.81. The summed E-state index contributed by atoms with van der Waals surface area (Å²) in [6.45, 7) is 0. The van der Waals surface area contributed by atoms with Gasteiger partial charge in [-0.25, -0.2) is 4.68 Å². The third kappa shape index (κ3) is 2.90. The molecule has 2 aromatic rings. The van der Waals surface area contributed by atoms with Gasteiger partial charge < -0.3 is 10.8 Å². The first-order chi connectivity index (χ1) is 11.1. The number of nitrogens with zero attached hydrogens (tertiary/aromatic N) is 3. The van der Waals surface area contributed by atoms with Crippen molar-refractivity contribution < 1.29 is 9.90 Å². The Morgan fingerprint density at radius 1 is 1.35 bits per heavy atom. The Balaban J connectivity index is 1.97. The van der Waals surface area contributed by atoms with E-state index < -0.39 is 5.97 Å². The molecule has 0 spiro atoms. The number of rotatable bonds is 4. The standard InChI is InChI=1S/C17H18N4O2/c18-10-14-16(12-7-5-11(6-8-12)9-15(22)23)20-21(17(14)19)13-3-1-2-4-13/h5-8,13H,1-4,9,19H2,(H,22,23). The molecule has 0 bridgehead atoms. The van der Waals surface area contributed by atoms with Crippen LogP contribution in [0, 0.1) is 11.3 Å². The molecular weight excluding hydrogens is 292 g/mol. The van der Waals surface area contributed by atoms with Crippen LogP contribution in [0.25, 0.3) is 11.3 Å². The minimum absolute atomic E-state index is 0.0238. The van der Waals surface area contributed by atoms with Gasteiger partial charge >= 0.3 is 5.97 Å². The molecule has 1 aliphatic carbocycles. The minimum Gasteiger partial charge on any atom is -0.481 e. The zero-order chi connectivity index (χ0) is 16.4. The molecule has 3 rings (SSSR count). The van der Waals surface area contributed by atoms with E-state index in [1.165, 1.54) is 0 Å². The molecule has 0 radical (unpaired) electrons. The predicted octanol–water partition coefficient (Wildman–Crippen LogP) is 2.75. The fourth-order valence-corrected chi connectivity index (χ4v) is 3.14. The van der Waals surface area contributed by atoms with Gasteiger partial charge in [0.15, 0.2) is 0 Å². The maximum absolute atomic E-state index is 10.7. The summed E-state index contributed by atoms with van der Waals surface area (Å²) in [4.78, 5) is 10.7. The van der Waals surface area contributed by atoms with Crippen molar-refractivity contribution in [3.05, 3.63) is 35.4 Å². The molecule has 1 aliphatic rings. The lowest BCUT2D eigenvalue weighted by molar-refractivity contribution is -0.136. The van der Waals surface area contributed by atoms with Crippen LogP contribution in [0.2, 0.25) is 0 Å². The molecule has 0 saturated heterocycles. The van der Waals surface area contributed by atoms with E-state index >= 15 is 0 Å². The fraction of sp³-hybridized carbons (Fsp3) is 0.353. The molecule has 3 N–H and O–H groups in total. The van der Waals surface area contributed by atoms with E-state index in [0.29, 0.717) is 22.6 Å². The van der Waals surface area contributed by atoms with E-state index in [1.54, 1.807) is 28.9 Å². The first kappa shape index (κ1) is 15.1. The van der Waals surface area contributed by atoms with Crippen LogP contribution >= 0.6 is 0 Å². The van der Waals surface area contributed by atoms with Gasteiger partial charge in [-0.15, -0.1) is 0 Å². The summed E-state index contributed by atoms with van der Waals surface area (Å²) in [6.07, 6.45) is 4.36. The molecule has 0 atom stereocenters. The van der Waals surface area contributed by atoms with Crippen LogP contribution in [0.5, 0.6) is 0 Å². The molecule has 1 saturated carbocycles. The number of anilines is 1. The van der Waals surface area contributed by atoms with Gasteiger partial charge in [-0.3, -0.25) is 4.79 Å². The average molecular weight is 310 g/mol. The Labute approximate surface area is 134 Å². The van der Waals surface area contributed by atoms with Crippen LogP contribution in [0.1, 0.15) is 42.9 Å². The number of carboxylic acids is 1. The van der Waals surface area contributed by atoms with Crippen molar-refractivity contribution in [1.29, 1.82) is 5.26 Å². The highest BCUT2D eigenvalue weighted by Gasteiger charge is 2.24. The van der Waals surface area contributed by atoms with Gasteiger partial charge in [-0.2, -0.15) is 10.4 Å². The molecule has 1 aromatic heterocycles. The lowest BCUT2D eigenvalue weighted by Gasteiger charge is -2.11. The monoisotopic (exact) mass is 310 g/mol. The zero-order valence-corrected chi connectivity index (χ0v) is 12.7. The number of aliphatic carboxylic acids is 1. The molecule has 1 aromatic carbocycles. The maximum Gasteiger partial charge on any atom is 0.307 e. The second kappa shape index (κ2) is 6.13. The topological polar surface area (TPSA) is 105 Å². The Morgan fingerprint density at radius 3 is 2.57 bits per heavy atom. The summed E-state index contributed by atoms with van der Waals surface area (Å²) in [5.41, 5.74) is 8.58. The molecule has 6 heteroatoms. The Bertz CT molecular complexity index is 765. The van der Waals surface area contributed by atoms with E-state index in [4.69, 9.17) is 10.8 Å². The van der Waals surface area contributed by atoms with E-state index in [9.17, 15) is 10.1 Å². The van der Waals surface area contributed by atoms with Crippen LogP contribution in [0.15, 0.2) is 24.3 Å². The van der Waals surface area contributed by atoms with Crippen LogP contribution < -0.4 is 5.73 Å². The van der Waals surface area contributed by atoms with E-state index in [1.807, 2.05) is 0 Å². The van der Waals surface area contributed by atoms with Gasteiger partial charge in [0.05, 0.1) is 12.5 Å². The van der Waals surface area contributed by atoms with Crippen LogP contribution in [-0.4, -0.2) is 20.9 Å². The summed E-state index contributed by atoms with van der Waals surface area (Å²) in [5, 5.41) is 22.8. The number of nitriles is 1. The SMILES string of the molecule is N#Cc1c(-c2ccc(CC(=O)O)cc2)nn(C2CCCC2)c1N. The lowest BCUT2D eigenvalue weighted by atomic mass is 10.0. The third-order valence-corrected chi connectivity index (χ3v) is 4.31. The predicted molar refractivity (Wildman–Crippen MR) is 85.6 cm³/mol. The molecule has 23 heavy (non-hydrogen) atoms. The highest BCUT2D eigenvalue weighted by atomic mass is 16.4. The number of nitrogen functional groups attached to an aromatic ring is 1. The third-order valence-electron chi connectivity index (χ3n) is 4.31. The average Bonchev–Trinajstić information content (AvgIpc) is 3.15. The minimum atomic E-state index is -0.870. The second-order valence-corrected chi connectivity index (χ2v) is 5.87. The number of hydrogen-bond acceptors (Lipinski definition) is 4. The van der Waals surface area contributed by atoms with Gasteiger partial charge in [0, 0.05) is 5.56 Å². The highest BCUT2D eigenvalue weighted by molar-refractivity contribution is 5.74. The summed E-state index contributed by atoms with van der Waals surface area (Å²) < 4.78 is 1.78. The van der Waals surface area contributed by atoms with Crippen molar-refractivity contribution >= 4 is 11.8 Å². The van der Waals surface area contributed by atoms with Gasteiger partial charge in [-0.1, -0.05) is 37.1 Å². The quantitative estimate of drug-likeness (QED) is 0.903. The number of carboxylic acid groups (broad SMARTS) is 1. The molecular formula is C17H18N4O2. The van der Waals surface area contributed by atoms with Crippen LogP contribution in [0.4, 0.5) is 5.82 Å². The smallest absolute Gasteiger partial charge is 0.307 e. The van der Waals surface area contributed by atoms with Gasteiger partial charge in [-0.05, 0) is 18.4 Å². The fourth-order valence-electron chi connectivity index (χ4n) is 3.14. The van der Waals surface area contributed by atoms with Gasteiger partial charge in [0.2, 0.25) is 0 Å². The summed E-state index contributed by atoms with van der Waals surface area (Å²) >= 11 is 0. The molecule has 6 nitrogen and oxygen atoms in total.